The highest BCUT2D eigenvalue weighted by atomic mass is 19.1. The first-order valence-corrected chi connectivity index (χ1v) is 5.21. The second-order valence-corrected chi connectivity index (χ2v) is 4.06. The highest BCUT2D eigenvalue weighted by Crippen LogP contribution is 2.30. The summed E-state index contributed by atoms with van der Waals surface area (Å²) in [5.74, 6) is -0.746. The Kier molecular flexibility index (Phi) is 3.03. The Labute approximate surface area is 93.4 Å². The van der Waals surface area contributed by atoms with Gasteiger partial charge in [0.2, 0.25) is 0 Å². The molecule has 86 valence electrons. The van der Waals surface area contributed by atoms with Crippen molar-refractivity contribution in [3.05, 3.63) is 35.1 Å². The molecule has 0 radical (unpaired) electrons. The van der Waals surface area contributed by atoms with Crippen LogP contribution < -0.4 is 5.73 Å². The van der Waals surface area contributed by atoms with Crippen LogP contribution in [0.25, 0.3) is 0 Å². The van der Waals surface area contributed by atoms with E-state index >= 15 is 0 Å². The molecule has 1 aliphatic carbocycles. The molecule has 0 saturated carbocycles. The Bertz CT molecular complexity index is 419. The molecule has 1 aromatic carbocycles. The maximum absolute atomic E-state index is 13.5. The van der Waals surface area contributed by atoms with E-state index < -0.39 is 0 Å². The fourth-order valence-electron chi connectivity index (χ4n) is 2.16. The first-order chi connectivity index (χ1) is 7.65. The molecule has 0 fully saturated rings. The highest BCUT2D eigenvalue weighted by Gasteiger charge is 2.36. The van der Waals surface area contributed by atoms with Gasteiger partial charge < -0.3 is 10.5 Å². The number of nitrogens with two attached hydrogens (primary N) is 1. The van der Waals surface area contributed by atoms with E-state index in [9.17, 15) is 9.18 Å². The number of halogens is 1. The molecule has 4 heteroatoms. The number of carbonyl (C=O) groups is 1. The van der Waals surface area contributed by atoms with E-state index in [4.69, 9.17) is 10.5 Å². The number of benzene rings is 1. The lowest BCUT2D eigenvalue weighted by atomic mass is 9.97. The van der Waals surface area contributed by atoms with Gasteiger partial charge in [-0.05, 0) is 18.1 Å². The van der Waals surface area contributed by atoms with Crippen LogP contribution in [-0.2, 0) is 11.2 Å². The number of methoxy groups -OCH3 is 1. The molecule has 0 saturated heterocycles. The SMILES string of the molecule is COCC(N)C1Cc2c(F)cccc2C1=O. The number of ether oxygens (including phenoxy) is 1. The Morgan fingerprint density at radius 3 is 3.00 bits per heavy atom. The first-order valence-electron chi connectivity index (χ1n) is 5.21. The van der Waals surface area contributed by atoms with Crippen LogP contribution in [0.15, 0.2) is 18.2 Å². The van der Waals surface area contributed by atoms with E-state index in [1.807, 2.05) is 0 Å². The Morgan fingerprint density at radius 2 is 2.38 bits per heavy atom. The predicted molar refractivity (Wildman–Crippen MR) is 57.8 cm³/mol. The maximum Gasteiger partial charge on any atom is 0.168 e. The number of carbonyl (C=O) groups excluding carboxylic acids is 1. The summed E-state index contributed by atoms with van der Waals surface area (Å²) < 4.78 is 18.4. The molecule has 2 N–H and O–H groups in total. The molecule has 0 aliphatic heterocycles. The summed E-state index contributed by atoms with van der Waals surface area (Å²) in [5.41, 5.74) is 6.80. The number of hydrogen-bond acceptors (Lipinski definition) is 3. The van der Waals surface area contributed by atoms with Crippen LogP contribution in [0.4, 0.5) is 4.39 Å². The molecular formula is C12H14FNO2. The van der Waals surface area contributed by atoms with Crippen molar-refractivity contribution in [1.29, 1.82) is 0 Å². The minimum atomic E-state index is -0.371. The molecule has 1 aromatic rings. The van der Waals surface area contributed by atoms with Gasteiger partial charge in [0.25, 0.3) is 0 Å². The summed E-state index contributed by atoms with van der Waals surface area (Å²) in [5, 5.41) is 0. The van der Waals surface area contributed by atoms with Gasteiger partial charge in [0, 0.05) is 24.6 Å². The van der Waals surface area contributed by atoms with Crippen LogP contribution in [0.5, 0.6) is 0 Å². The van der Waals surface area contributed by atoms with Crippen LogP contribution >= 0.6 is 0 Å². The van der Waals surface area contributed by atoms with E-state index in [1.165, 1.54) is 13.2 Å². The standard InChI is InChI=1S/C12H14FNO2/c1-16-6-11(14)9-5-8-7(12(9)15)3-2-4-10(8)13/h2-4,9,11H,5-6,14H2,1H3. The molecular weight excluding hydrogens is 209 g/mol. The smallest absolute Gasteiger partial charge is 0.168 e. The minimum Gasteiger partial charge on any atom is -0.383 e. The van der Waals surface area contributed by atoms with Crippen molar-refractivity contribution in [2.24, 2.45) is 11.7 Å². The summed E-state index contributed by atoms with van der Waals surface area (Å²) in [7, 11) is 1.53. The van der Waals surface area contributed by atoms with Gasteiger partial charge in [-0.15, -0.1) is 0 Å². The van der Waals surface area contributed by atoms with E-state index in [0.717, 1.165) is 0 Å². The summed E-state index contributed by atoms with van der Waals surface area (Å²) >= 11 is 0. The van der Waals surface area contributed by atoms with E-state index in [2.05, 4.69) is 0 Å². The van der Waals surface area contributed by atoms with Crippen molar-refractivity contribution < 1.29 is 13.9 Å². The fourth-order valence-corrected chi connectivity index (χ4v) is 2.16. The monoisotopic (exact) mass is 223 g/mol. The number of fused-ring (bicyclic) bond motifs is 1. The molecule has 0 bridgehead atoms. The lowest BCUT2D eigenvalue weighted by molar-refractivity contribution is 0.0871. The molecule has 3 nitrogen and oxygen atoms in total. The van der Waals surface area contributed by atoms with Crippen LogP contribution in [0, 0.1) is 11.7 Å². The molecule has 0 spiro atoms. The summed E-state index contributed by atoms with van der Waals surface area (Å²) in [6.45, 7) is 0.312. The van der Waals surface area contributed by atoms with Crippen LogP contribution in [0.3, 0.4) is 0 Å². The number of hydrogen-bond donors (Lipinski definition) is 1. The van der Waals surface area contributed by atoms with Gasteiger partial charge in [-0.1, -0.05) is 12.1 Å². The van der Waals surface area contributed by atoms with Crippen molar-refractivity contribution in [1.82, 2.24) is 0 Å². The molecule has 1 aliphatic rings. The normalized spacial score (nSPS) is 20.9. The lowest BCUT2D eigenvalue weighted by Crippen LogP contribution is -2.37. The Morgan fingerprint density at radius 1 is 1.62 bits per heavy atom. The van der Waals surface area contributed by atoms with E-state index in [0.29, 0.717) is 24.2 Å². The molecule has 2 rings (SSSR count). The van der Waals surface area contributed by atoms with Crippen molar-refractivity contribution in [2.45, 2.75) is 12.5 Å². The van der Waals surface area contributed by atoms with Gasteiger partial charge in [0.1, 0.15) is 5.82 Å². The number of Topliss-reactive ketones (excluding diaryl/α,β-unsaturated/α-hetero) is 1. The number of rotatable bonds is 3. The molecule has 0 amide bonds. The lowest BCUT2D eigenvalue weighted by Gasteiger charge is -2.16. The summed E-state index contributed by atoms with van der Waals surface area (Å²) in [4.78, 5) is 12.0. The summed E-state index contributed by atoms with van der Waals surface area (Å²) in [6, 6.07) is 4.21. The average Bonchev–Trinajstić information content (AvgIpc) is 2.59. The van der Waals surface area contributed by atoms with Crippen molar-refractivity contribution in [3.63, 3.8) is 0 Å². The first kappa shape index (κ1) is 11.2. The minimum absolute atomic E-state index is 0.0703. The number of ketones is 1. The largest absolute Gasteiger partial charge is 0.383 e. The Balaban J connectivity index is 2.27. The molecule has 2 unspecified atom stereocenters. The third-order valence-corrected chi connectivity index (χ3v) is 3.02. The fraction of sp³-hybridized carbons (Fsp3) is 0.417. The highest BCUT2D eigenvalue weighted by molar-refractivity contribution is 6.02. The van der Waals surface area contributed by atoms with Crippen molar-refractivity contribution >= 4 is 5.78 Å². The van der Waals surface area contributed by atoms with Crippen LogP contribution in [0.2, 0.25) is 0 Å². The maximum atomic E-state index is 13.5. The third-order valence-electron chi connectivity index (χ3n) is 3.02. The van der Waals surface area contributed by atoms with Crippen LogP contribution in [-0.4, -0.2) is 25.5 Å². The Hall–Kier alpha value is -1.26. The summed E-state index contributed by atoms with van der Waals surface area (Å²) in [6.07, 6.45) is 0.380. The zero-order chi connectivity index (χ0) is 11.7. The van der Waals surface area contributed by atoms with Crippen LogP contribution in [0.1, 0.15) is 15.9 Å². The van der Waals surface area contributed by atoms with E-state index in [1.54, 1.807) is 12.1 Å². The van der Waals surface area contributed by atoms with Gasteiger partial charge in [-0.3, -0.25) is 4.79 Å². The van der Waals surface area contributed by atoms with Gasteiger partial charge >= 0.3 is 0 Å². The van der Waals surface area contributed by atoms with Gasteiger partial charge in [-0.2, -0.15) is 0 Å². The topological polar surface area (TPSA) is 52.3 Å². The molecule has 0 heterocycles. The van der Waals surface area contributed by atoms with Crippen molar-refractivity contribution in [3.8, 4) is 0 Å². The van der Waals surface area contributed by atoms with Gasteiger partial charge in [0.15, 0.2) is 5.78 Å². The quantitative estimate of drug-likeness (QED) is 0.836. The molecule has 0 aromatic heterocycles. The second kappa shape index (κ2) is 4.31. The third kappa shape index (κ3) is 1.74. The zero-order valence-electron chi connectivity index (χ0n) is 9.07. The molecule has 16 heavy (non-hydrogen) atoms. The van der Waals surface area contributed by atoms with Gasteiger partial charge in [0.05, 0.1) is 6.61 Å². The average molecular weight is 223 g/mol. The molecule has 2 atom stereocenters. The second-order valence-electron chi connectivity index (χ2n) is 4.06. The van der Waals surface area contributed by atoms with Gasteiger partial charge in [-0.25, -0.2) is 4.39 Å². The zero-order valence-corrected chi connectivity index (χ0v) is 9.07. The van der Waals surface area contributed by atoms with Crippen molar-refractivity contribution in [2.75, 3.05) is 13.7 Å². The van der Waals surface area contributed by atoms with E-state index in [-0.39, 0.29) is 23.6 Å². The predicted octanol–water partition coefficient (Wildman–Crippen LogP) is 1.15.